The van der Waals surface area contributed by atoms with Crippen LogP contribution in [0.4, 0.5) is 0 Å². The van der Waals surface area contributed by atoms with Crippen LogP contribution in [0.2, 0.25) is 0 Å². The molecule has 3 rings (SSSR count). The minimum atomic E-state index is -0.163. The number of carbonyl (C=O) groups is 1. The fourth-order valence-corrected chi connectivity index (χ4v) is 2.99. The number of likely N-dealkylation sites (tertiary alicyclic amines) is 1. The highest BCUT2D eigenvalue weighted by Gasteiger charge is 2.23. The molecule has 0 unspecified atom stereocenters. The molecule has 0 spiro atoms. The molecule has 1 aliphatic rings. The maximum absolute atomic E-state index is 11.6. The number of aliphatic hydroxyl groups is 1. The molecule has 0 bridgehead atoms. The zero-order chi connectivity index (χ0) is 16.2. The molecular weight excluding hydrogens is 296 g/mol. The molecule has 0 aromatic carbocycles. The zero-order valence-corrected chi connectivity index (χ0v) is 13.2. The molecule has 3 heterocycles. The molecule has 1 fully saturated rings. The molecule has 124 valence electrons. The van der Waals surface area contributed by atoms with E-state index in [2.05, 4.69) is 15.3 Å². The Balaban J connectivity index is 1.63. The summed E-state index contributed by atoms with van der Waals surface area (Å²) in [5, 5.41) is 16.0. The third-order valence-electron chi connectivity index (χ3n) is 4.18. The Bertz CT molecular complexity index is 664. The molecule has 1 atom stereocenters. The van der Waals surface area contributed by atoms with E-state index in [0.717, 1.165) is 38.2 Å². The quantitative estimate of drug-likeness (QED) is 0.864. The monoisotopic (exact) mass is 318 g/mol. The number of rotatable bonds is 5. The SMILES string of the molecule is CNC(=O)c1ccn([C@@H]2CCCN(Cc3ccc(CO)o3)C2)n1. The largest absolute Gasteiger partial charge is 0.462 e. The van der Waals surface area contributed by atoms with Gasteiger partial charge >= 0.3 is 0 Å². The van der Waals surface area contributed by atoms with Crippen molar-refractivity contribution in [3.05, 3.63) is 41.6 Å². The lowest BCUT2D eigenvalue weighted by Gasteiger charge is -2.32. The summed E-state index contributed by atoms with van der Waals surface area (Å²) in [5.41, 5.74) is 0.447. The van der Waals surface area contributed by atoms with Crippen molar-refractivity contribution in [1.29, 1.82) is 0 Å². The van der Waals surface area contributed by atoms with E-state index in [1.165, 1.54) is 0 Å². The van der Waals surface area contributed by atoms with E-state index in [0.29, 0.717) is 11.5 Å². The first-order chi connectivity index (χ1) is 11.2. The second kappa shape index (κ2) is 6.97. The number of piperidine rings is 1. The Morgan fingerprint density at radius 1 is 1.43 bits per heavy atom. The number of aliphatic hydroxyl groups excluding tert-OH is 1. The summed E-state index contributed by atoms with van der Waals surface area (Å²) in [4.78, 5) is 13.9. The second-order valence-electron chi connectivity index (χ2n) is 5.82. The molecule has 0 saturated carbocycles. The van der Waals surface area contributed by atoms with Gasteiger partial charge in [0.05, 0.1) is 12.6 Å². The molecule has 23 heavy (non-hydrogen) atoms. The smallest absolute Gasteiger partial charge is 0.271 e. The van der Waals surface area contributed by atoms with Crippen LogP contribution in [0.1, 0.15) is 40.9 Å². The lowest BCUT2D eigenvalue weighted by atomic mass is 10.1. The van der Waals surface area contributed by atoms with E-state index in [9.17, 15) is 4.79 Å². The van der Waals surface area contributed by atoms with E-state index in [1.54, 1.807) is 19.2 Å². The van der Waals surface area contributed by atoms with Gasteiger partial charge in [-0.1, -0.05) is 0 Å². The molecule has 7 heteroatoms. The third kappa shape index (κ3) is 3.62. The van der Waals surface area contributed by atoms with Gasteiger partial charge in [-0.3, -0.25) is 14.4 Å². The van der Waals surface area contributed by atoms with Crippen LogP contribution in [0, 0.1) is 0 Å². The van der Waals surface area contributed by atoms with E-state index in [-0.39, 0.29) is 18.6 Å². The number of hydrogen-bond donors (Lipinski definition) is 2. The first kappa shape index (κ1) is 15.8. The summed E-state index contributed by atoms with van der Waals surface area (Å²) in [6.07, 6.45) is 3.99. The number of furan rings is 1. The lowest BCUT2D eigenvalue weighted by Crippen LogP contribution is -2.36. The normalized spacial score (nSPS) is 19.0. The predicted octanol–water partition coefficient (Wildman–Crippen LogP) is 1.17. The van der Waals surface area contributed by atoms with Crippen molar-refractivity contribution in [2.45, 2.75) is 32.0 Å². The highest BCUT2D eigenvalue weighted by atomic mass is 16.4. The van der Waals surface area contributed by atoms with Crippen molar-refractivity contribution in [2.75, 3.05) is 20.1 Å². The first-order valence-corrected chi connectivity index (χ1v) is 7.87. The van der Waals surface area contributed by atoms with Gasteiger partial charge in [-0.25, -0.2) is 0 Å². The Kier molecular flexibility index (Phi) is 4.78. The zero-order valence-electron chi connectivity index (χ0n) is 13.2. The average Bonchev–Trinajstić information content (AvgIpc) is 3.23. The van der Waals surface area contributed by atoms with E-state index in [4.69, 9.17) is 9.52 Å². The fraction of sp³-hybridized carbons (Fsp3) is 0.500. The summed E-state index contributed by atoms with van der Waals surface area (Å²) < 4.78 is 7.45. The number of carbonyl (C=O) groups excluding carboxylic acids is 1. The van der Waals surface area contributed by atoms with Gasteiger partial charge < -0.3 is 14.8 Å². The summed E-state index contributed by atoms with van der Waals surface area (Å²) in [5.74, 6) is 1.29. The maximum Gasteiger partial charge on any atom is 0.271 e. The molecular formula is C16H22N4O3. The Hall–Kier alpha value is -2.12. The molecule has 1 saturated heterocycles. The highest BCUT2D eigenvalue weighted by molar-refractivity contribution is 5.91. The molecule has 0 radical (unpaired) electrons. The van der Waals surface area contributed by atoms with Crippen molar-refractivity contribution in [2.24, 2.45) is 0 Å². The van der Waals surface area contributed by atoms with Gasteiger partial charge in [-0.2, -0.15) is 5.10 Å². The van der Waals surface area contributed by atoms with Crippen molar-refractivity contribution in [1.82, 2.24) is 20.0 Å². The minimum absolute atomic E-state index is 0.0712. The molecule has 1 aliphatic heterocycles. The number of amides is 1. The molecule has 7 nitrogen and oxygen atoms in total. The number of nitrogens with one attached hydrogen (secondary N) is 1. The van der Waals surface area contributed by atoms with Crippen LogP contribution < -0.4 is 5.32 Å². The van der Waals surface area contributed by atoms with Gasteiger partial charge in [-0.05, 0) is 37.6 Å². The van der Waals surface area contributed by atoms with Crippen LogP contribution in [-0.4, -0.2) is 45.8 Å². The van der Waals surface area contributed by atoms with Gasteiger partial charge in [0.25, 0.3) is 5.91 Å². The summed E-state index contributed by atoms with van der Waals surface area (Å²) in [6, 6.07) is 5.72. The van der Waals surface area contributed by atoms with Gasteiger partial charge in [0.15, 0.2) is 0 Å². The average molecular weight is 318 g/mol. The predicted molar refractivity (Wildman–Crippen MR) is 83.8 cm³/mol. The number of hydrogen-bond acceptors (Lipinski definition) is 5. The van der Waals surface area contributed by atoms with Gasteiger partial charge in [0, 0.05) is 19.8 Å². The van der Waals surface area contributed by atoms with Crippen LogP contribution in [0.5, 0.6) is 0 Å². The molecule has 2 N–H and O–H groups in total. The standard InChI is InChI=1S/C16H22N4O3/c1-17-16(22)15-6-8-20(18-15)12-3-2-7-19(9-12)10-13-4-5-14(11-21)23-13/h4-6,8,12,21H,2-3,7,9-11H2,1H3,(H,17,22)/t12-/m1/s1. The maximum atomic E-state index is 11.6. The van der Waals surface area contributed by atoms with Crippen molar-refractivity contribution >= 4 is 5.91 Å². The minimum Gasteiger partial charge on any atom is -0.462 e. The third-order valence-corrected chi connectivity index (χ3v) is 4.18. The van der Waals surface area contributed by atoms with E-state index in [1.807, 2.05) is 16.9 Å². The van der Waals surface area contributed by atoms with Crippen molar-refractivity contribution in [3.8, 4) is 0 Å². The van der Waals surface area contributed by atoms with Gasteiger partial charge in [0.2, 0.25) is 0 Å². The molecule has 1 amide bonds. The number of nitrogens with zero attached hydrogens (tertiary/aromatic N) is 3. The molecule has 0 aliphatic carbocycles. The van der Waals surface area contributed by atoms with Crippen LogP contribution in [0.15, 0.2) is 28.8 Å². The molecule has 2 aromatic heterocycles. The second-order valence-corrected chi connectivity index (χ2v) is 5.82. The number of aromatic nitrogens is 2. The van der Waals surface area contributed by atoms with Crippen molar-refractivity contribution in [3.63, 3.8) is 0 Å². The Morgan fingerprint density at radius 3 is 3.00 bits per heavy atom. The van der Waals surface area contributed by atoms with Gasteiger partial charge in [-0.15, -0.1) is 0 Å². The topological polar surface area (TPSA) is 83.5 Å². The van der Waals surface area contributed by atoms with Crippen LogP contribution in [-0.2, 0) is 13.2 Å². The van der Waals surface area contributed by atoms with E-state index >= 15 is 0 Å². The van der Waals surface area contributed by atoms with Gasteiger partial charge in [0.1, 0.15) is 23.8 Å². The Labute approximate surface area is 134 Å². The van der Waals surface area contributed by atoms with Crippen molar-refractivity contribution < 1.29 is 14.3 Å². The lowest BCUT2D eigenvalue weighted by molar-refractivity contribution is 0.0955. The van der Waals surface area contributed by atoms with E-state index < -0.39 is 0 Å². The fourth-order valence-electron chi connectivity index (χ4n) is 2.99. The van der Waals surface area contributed by atoms with Crippen LogP contribution >= 0.6 is 0 Å². The Morgan fingerprint density at radius 2 is 2.26 bits per heavy atom. The first-order valence-electron chi connectivity index (χ1n) is 7.87. The molecule has 2 aromatic rings. The van der Waals surface area contributed by atoms with Crippen LogP contribution in [0.25, 0.3) is 0 Å². The summed E-state index contributed by atoms with van der Waals surface area (Å²) in [7, 11) is 1.60. The van der Waals surface area contributed by atoms with Crippen LogP contribution in [0.3, 0.4) is 0 Å². The summed E-state index contributed by atoms with van der Waals surface area (Å²) >= 11 is 0. The highest BCUT2D eigenvalue weighted by Crippen LogP contribution is 2.23. The summed E-state index contributed by atoms with van der Waals surface area (Å²) in [6.45, 7) is 2.53.